The molecule has 70 valence electrons. The molecular weight excluding hydrogens is 172 g/mol. The molecule has 2 rings (SSSR count). The first-order valence-corrected chi connectivity index (χ1v) is 4.06. The molecule has 0 aliphatic carbocycles. The van der Waals surface area contributed by atoms with E-state index in [2.05, 4.69) is 15.6 Å². The van der Waals surface area contributed by atoms with Crippen molar-refractivity contribution in [3.8, 4) is 0 Å². The summed E-state index contributed by atoms with van der Waals surface area (Å²) in [4.78, 5) is 10.8. The predicted octanol–water partition coefficient (Wildman–Crippen LogP) is -0.201. The van der Waals surface area contributed by atoms with Gasteiger partial charge in [0, 0.05) is 13.6 Å². The van der Waals surface area contributed by atoms with Gasteiger partial charge in [-0.1, -0.05) is 5.21 Å². The highest BCUT2D eigenvalue weighted by atomic mass is 16.4. The van der Waals surface area contributed by atoms with Crippen LogP contribution < -0.4 is 5.32 Å². The molecular formula is C7H10N4O2. The molecule has 1 aliphatic heterocycles. The predicted molar refractivity (Wildman–Crippen MR) is 44.5 cm³/mol. The maximum Gasteiger partial charge on any atom is 0.312 e. The summed E-state index contributed by atoms with van der Waals surface area (Å²) in [5.74, 6) is -0.619. The van der Waals surface area contributed by atoms with Crippen LogP contribution in [-0.2, 0) is 11.8 Å². The second-order valence-electron chi connectivity index (χ2n) is 3.05. The topological polar surface area (TPSA) is 80.0 Å². The molecule has 0 bridgehead atoms. The second-order valence-corrected chi connectivity index (χ2v) is 3.05. The maximum atomic E-state index is 10.8. The van der Waals surface area contributed by atoms with E-state index in [0.29, 0.717) is 18.7 Å². The third-order valence-corrected chi connectivity index (χ3v) is 2.21. The fourth-order valence-corrected chi connectivity index (χ4v) is 1.52. The summed E-state index contributed by atoms with van der Waals surface area (Å²) in [7, 11) is 1.74. The van der Waals surface area contributed by atoms with E-state index in [1.165, 1.54) is 0 Å². The molecule has 0 aromatic carbocycles. The number of nitrogens with one attached hydrogen (secondary N) is 1. The SMILES string of the molecule is Cn1nnc2c1NCCC2C(=O)O. The summed E-state index contributed by atoms with van der Waals surface area (Å²) >= 11 is 0. The van der Waals surface area contributed by atoms with Crippen LogP contribution in [0.3, 0.4) is 0 Å². The highest BCUT2D eigenvalue weighted by molar-refractivity contribution is 5.78. The summed E-state index contributed by atoms with van der Waals surface area (Å²) in [6.45, 7) is 0.658. The lowest BCUT2D eigenvalue weighted by molar-refractivity contribution is -0.139. The first kappa shape index (κ1) is 8.03. The van der Waals surface area contributed by atoms with Gasteiger partial charge in [-0.25, -0.2) is 4.68 Å². The molecule has 0 spiro atoms. The summed E-state index contributed by atoms with van der Waals surface area (Å²) in [6.07, 6.45) is 0.570. The van der Waals surface area contributed by atoms with E-state index in [1.807, 2.05) is 0 Å². The van der Waals surface area contributed by atoms with Crippen molar-refractivity contribution in [3.05, 3.63) is 5.69 Å². The number of nitrogens with zero attached hydrogens (tertiary/aromatic N) is 3. The minimum atomic E-state index is -0.830. The lowest BCUT2D eigenvalue weighted by Gasteiger charge is -2.18. The Bertz CT molecular complexity index is 346. The molecule has 0 radical (unpaired) electrons. The molecule has 0 saturated heterocycles. The van der Waals surface area contributed by atoms with E-state index in [0.717, 1.165) is 5.82 Å². The lowest BCUT2D eigenvalue weighted by Crippen LogP contribution is -2.23. The van der Waals surface area contributed by atoms with Gasteiger partial charge in [0.2, 0.25) is 0 Å². The van der Waals surface area contributed by atoms with Crippen molar-refractivity contribution in [2.75, 3.05) is 11.9 Å². The molecule has 1 aromatic rings. The van der Waals surface area contributed by atoms with Crippen LogP contribution in [0.5, 0.6) is 0 Å². The molecule has 1 aliphatic rings. The van der Waals surface area contributed by atoms with Crippen molar-refractivity contribution in [3.63, 3.8) is 0 Å². The van der Waals surface area contributed by atoms with Gasteiger partial charge in [-0.15, -0.1) is 5.10 Å². The second kappa shape index (κ2) is 2.72. The van der Waals surface area contributed by atoms with Gasteiger partial charge in [-0.05, 0) is 6.42 Å². The molecule has 0 fully saturated rings. The van der Waals surface area contributed by atoms with E-state index in [4.69, 9.17) is 5.11 Å². The molecule has 1 aromatic heterocycles. The van der Waals surface area contributed by atoms with Gasteiger partial charge in [-0.2, -0.15) is 0 Å². The van der Waals surface area contributed by atoms with E-state index >= 15 is 0 Å². The Morgan fingerprint density at radius 1 is 1.77 bits per heavy atom. The number of aryl methyl sites for hydroxylation is 1. The van der Waals surface area contributed by atoms with Gasteiger partial charge in [0.25, 0.3) is 0 Å². The quantitative estimate of drug-likeness (QED) is 0.628. The molecule has 6 heteroatoms. The smallest absolute Gasteiger partial charge is 0.312 e. The number of anilines is 1. The van der Waals surface area contributed by atoms with Gasteiger partial charge in [-0.3, -0.25) is 4.79 Å². The van der Waals surface area contributed by atoms with Crippen LogP contribution in [0.4, 0.5) is 5.82 Å². The molecule has 1 atom stereocenters. The van der Waals surface area contributed by atoms with Gasteiger partial charge < -0.3 is 10.4 Å². The van der Waals surface area contributed by atoms with Gasteiger partial charge >= 0.3 is 5.97 Å². The standard InChI is InChI=1S/C7H10N4O2/c1-11-6-5(9-10-11)4(7(12)13)2-3-8-6/h4,8H,2-3H2,1H3,(H,12,13). The van der Waals surface area contributed by atoms with Gasteiger partial charge in [0.1, 0.15) is 17.4 Å². The van der Waals surface area contributed by atoms with Crippen molar-refractivity contribution in [2.45, 2.75) is 12.3 Å². The zero-order chi connectivity index (χ0) is 9.42. The zero-order valence-corrected chi connectivity index (χ0v) is 7.19. The molecule has 0 amide bonds. The number of rotatable bonds is 1. The first-order valence-electron chi connectivity index (χ1n) is 4.06. The van der Waals surface area contributed by atoms with E-state index in [1.54, 1.807) is 11.7 Å². The highest BCUT2D eigenvalue weighted by Gasteiger charge is 2.30. The summed E-state index contributed by atoms with van der Waals surface area (Å²) in [5, 5.41) is 19.6. The number of carboxylic acids is 1. The molecule has 6 nitrogen and oxygen atoms in total. The van der Waals surface area contributed by atoms with Crippen molar-refractivity contribution in [1.29, 1.82) is 0 Å². The highest BCUT2D eigenvalue weighted by Crippen LogP contribution is 2.28. The average molecular weight is 182 g/mol. The lowest BCUT2D eigenvalue weighted by atomic mass is 9.99. The van der Waals surface area contributed by atoms with Crippen LogP contribution in [0.25, 0.3) is 0 Å². The molecule has 0 saturated carbocycles. The zero-order valence-electron chi connectivity index (χ0n) is 7.19. The Morgan fingerprint density at radius 2 is 2.54 bits per heavy atom. The largest absolute Gasteiger partial charge is 0.481 e. The van der Waals surface area contributed by atoms with Gasteiger partial charge in [0.15, 0.2) is 0 Å². The van der Waals surface area contributed by atoms with Crippen LogP contribution in [0.15, 0.2) is 0 Å². The summed E-state index contributed by atoms with van der Waals surface area (Å²) in [5.41, 5.74) is 0.543. The Balaban J connectivity index is 2.43. The third-order valence-electron chi connectivity index (χ3n) is 2.21. The normalized spacial score (nSPS) is 20.5. The van der Waals surface area contributed by atoms with Crippen molar-refractivity contribution in [1.82, 2.24) is 15.0 Å². The number of fused-ring (bicyclic) bond motifs is 1. The van der Waals surface area contributed by atoms with Gasteiger partial charge in [0.05, 0.1) is 0 Å². The maximum absolute atomic E-state index is 10.8. The van der Waals surface area contributed by atoms with Crippen molar-refractivity contribution in [2.24, 2.45) is 7.05 Å². The number of aliphatic carboxylic acids is 1. The van der Waals surface area contributed by atoms with Crippen LogP contribution in [0, 0.1) is 0 Å². The Morgan fingerprint density at radius 3 is 3.23 bits per heavy atom. The number of hydrogen-bond donors (Lipinski definition) is 2. The van der Waals surface area contributed by atoms with E-state index in [9.17, 15) is 4.79 Å². The van der Waals surface area contributed by atoms with Crippen LogP contribution in [-0.4, -0.2) is 32.6 Å². The monoisotopic (exact) mass is 182 g/mol. The summed E-state index contributed by atoms with van der Waals surface area (Å²) < 4.78 is 1.56. The number of hydrogen-bond acceptors (Lipinski definition) is 4. The van der Waals surface area contributed by atoms with Crippen molar-refractivity contribution < 1.29 is 9.90 Å². The van der Waals surface area contributed by atoms with Crippen LogP contribution in [0.2, 0.25) is 0 Å². The Hall–Kier alpha value is -1.59. The Kier molecular flexibility index (Phi) is 1.68. The summed E-state index contributed by atoms with van der Waals surface area (Å²) in [6, 6.07) is 0. The molecule has 2 heterocycles. The molecule has 13 heavy (non-hydrogen) atoms. The Labute approximate surface area is 74.6 Å². The third kappa shape index (κ3) is 1.14. The van der Waals surface area contributed by atoms with Crippen LogP contribution in [0.1, 0.15) is 18.0 Å². The fraction of sp³-hybridized carbons (Fsp3) is 0.571. The fourth-order valence-electron chi connectivity index (χ4n) is 1.52. The van der Waals surface area contributed by atoms with E-state index in [-0.39, 0.29) is 0 Å². The number of carboxylic acid groups (broad SMARTS) is 1. The minimum absolute atomic E-state index is 0.509. The average Bonchev–Trinajstić information content (AvgIpc) is 2.48. The number of carbonyl (C=O) groups is 1. The van der Waals surface area contributed by atoms with Crippen LogP contribution >= 0.6 is 0 Å². The van der Waals surface area contributed by atoms with Crippen molar-refractivity contribution >= 4 is 11.8 Å². The number of aromatic nitrogens is 3. The molecule has 2 N–H and O–H groups in total. The minimum Gasteiger partial charge on any atom is -0.481 e. The first-order chi connectivity index (χ1) is 6.20. The molecule has 1 unspecified atom stereocenters. The van der Waals surface area contributed by atoms with E-state index < -0.39 is 11.9 Å².